The maximum Gasteiger partial charge on any atom is 0.265 e. The van der Waals surface area contributed by atoms with E-state index in [1.54, 1.807) is 25.3 Å². The third-order valence-electron chi connectivity index (χ3n) is 5.56. The van der Waals surface area contributed by atoms with Gasteiger partial charge in [-0.2, -0.15) is 0 Å². The van der Waals surface area contributed by atoms with E-state index >= 15 is 0 Å². The van der Waals surface area contributed by atoms with Crippen LogP contribution in [0.3, 0.4) is 0 Å². The Labute approximate surface area is 175 Å². The van der Waals surface area contributed by atoms with Gasteiger partial charge in [0.15, 0.2) is 11.5 Å². The molecule has 3 aromatic carbocycles. The first-order chi connectivity index (χ1) is 14.5. The molecule has 2 aliphatic heterocycles. The molecule has 0 radical (unpaired) electrons. The Hall–Kier alpha value is -3.32. The Bertz CT molecular complexity index is 1270. The van der Waals surface area contributed by atoms with Crippen LogP contribution in [0.1, 0.15) is 23.6 Å². The molecule has 2 heterocycles. The lowest BCUT2D eigenvalue weighted by atomic mass is 9.97. The Balaban J connectivity index is 1.77. The first-order valence-corrected chi connectivity index (χ1v) is 11.0. The van der Waals surface area contributed by atoms with Gasteiger partial charge in [-0.3, -0.25) is 9.30 Å². The zero-order valence-electron chi connectivity index (χ0n) is 16.6. The minimum absolute atomic E-state index is 0.245. The van der Waals surface area contributed by atoms with Crippen molar-refractivity contribution < 1.29 is 17.9 Å². The van der Waals surface area contributed by atoms with Gasteiger partial charge in [-0.15, -0.1) is 0 Å². The summed E-state index contributed by atoms with van der Waals surface area (Å²) < 4.78 is 39.6. The molecule has 0 aromatic heterocycles. The monoisotopic (exact) mass is 420 g/mol. The molecule has 0 amide bonds. The van der Waals surface area contributed by atoms with Crippen molar-refractivity contribution in [2.24, 2.45) is 4.99 Å². The fourth-order valence-corrected chi connectivity index (χ4v) is 6.08. The van der Waals surface area contributed by atoms with Gasteiger partial charge in [0, 0.05) is 18.1 Å². The van der Waals surface area contributed by atoms with Gasteiger partial charge in [0.05, 0.1) is 42.2 Å². The van der Waals surface area contributed by atoms with Crippen LogP contribution in [0.4, 0.5) is 11.4 Å². The van der Waals surface area contributed by atoms with Crippen LogP contribution in [0, 0.1) is 0 Å². The molecular formula is C23H20N2O4S. The normalized spacial score (nSPS) is 18.5. The summed E-state index contributed by atoms with van der Waals surface area (Å²) in [6.45, 7) is 0. The van der Waals surface area contributed by atoms with Crippen LogP contribution in [-0.2, 0) is 10.0 Å². The van der Waals surface area contributed by atoms with Crippen LogP contribution >= 0.6 is 0 Å². The van der Waals surface area contributed by atoms with Gasteiger partial charge in [0.1, 0.15) is 0 Å². The van der Waals surface area contributed by atoms with Crippen LogP contribution < -0.4 is 13.8 Å². The molecule has 0 spiro atoms. The van der Waals surface area contributed by atoms with Gasteiger partial charge in [-0.05, 0) is 23.8 Å². The van der Waals surface area contributed by atoms with Crippen molar-refractivity contribution in [2.45, 2.75) is 17.4 Å². The van der Waals surface area contributed by atoms with Gasteiger partial charge < -0.3 is 9.47 Å². The standard InChI is InChI=1S/C23H20N2O4S/c1-28-21-12-16-20-13-18(15-8-4-3-5-9-15)24-17-10-6-7-11-19(17)25(20)30(26,27)23(16)14-22(21)29-2/h3-12,14,20H,13H2,1-2H3. The molecule has 2 aliphatic rings. The minimum atomic E-state index is -3.78. The summed E-state index contributed by atoms with van der Waals surface area (Å²) in [6, 6.07) is 20.1. The first-order valence-electron chi connectivity index (χ1n) is 9.57. The number of nitrogens with zero attached hydrogens (tertiary/aromatic N) is 2. The zero-order valence-corrected chi connectivity index (χ0v) is 17.4. The highest BCUT2D eigenvalue weighted by Gasteiger charge is 2.46. The largest absolute Gasteiger partial charge is 0.493 e. The lowest BCUT2D eigenvalue weighted by Gasteiger charge is -2.24. The van der Waals surface area contributed by atoms with Crippen LogP contribution in [0.15, 0.2) is 76.6 Å². The molecule has 152 valence electrons. The lowest BCUT2D eigenvalue weighted by molar-refractivity contribution is 0.353. The van der Waals surface area contributed by atoms with E-state index in [9.17, 15) is 8.42 Å². The van der Waals surface area contributed by atoms with E-state index < -0.39 is 16.1 Å². The highest BCUT2D eigenvalue weighted by molar-refractivity contribution is 7.93. The molecule has 0 aliphatic carbocycles. The fourth-order valence-electron chi connectivity index (χ4n) is 4.18. The van der Waals surface area contributed by atoms with Crippen LogP contribution in [0.25, 0.3) is 0 Å². The van der Waals surface area contributed by atoms with Gasteiger partial charge in [0.2, 0.25) is 0 Å². The number of hydrogen-bond donors (Lipinski definition) is 0. The van der Waals surface area contributed by atoms with E-state index in [0.717, 1.165) is 11.3 Å². The number of methoxy groups -OCH3 is 2. The van der Waals surface area contributed by atoms with Crippen LogP contribution in [0.2, 0.25) is 0 Å². The van der Waals surface area contributed by atoms with Crippen molar-refractivity contribution in [3.05, 3.63) is 77.9 Å². The maximum atomic E-state index is 13.6. The Morgan fingerprint density at radius 1 is 0.933 bits per heavy atom. The van der Waals surface area contributed by atoms with Crippen molar-refractivity contribution in [1.29, 1.82) is 0 Å². The predicted molar refractivity (Wildman–Crippen MR) is 116 cm³/mol. The van der Waals surface area contributed by atoms with Gasteiger partial charge in [-0.1, -0.05) is 42.5 Å². The summed E-state index contributed by atoms with van der Waals surface area (Å²) in [6.07, 6.45) is 0.445. The highest BCUT2D eigenvalue weighted by Crippen LogP contribution is 2.51. The minimum Gasteiger partial charge on any atom is -0.493 e. The summed E-state index contributed by atoms with van der Waals surface area (Å²) >= 11 is 0. The summed E-state index contributed by atoms with van der Waals surface area (Å²) in [4.78, 5) is 5.11. The third-order valence-corrected chi connectivity index (χ3v) is 7.44. The van der Waals surface area contributed by atoms with E-state index in [2.05, 4.69) is 0 Å². The number of benzene rings is 3. The molecule has 1 atom stereocenters. The Morgan fingerprint density at radius 2 is 1.60 bits per heavy atom. The Kier molecular flexibility index (Phi) is 4.29. The maximum absolute atomic E-state index is 13.6. The zero-order chi connectivity index (χ0) is 20.9. The van der Waals surface area contributed by atoms with Gasteiger partial charge >= 0.3 is 0 Å². The number of rotatable bonds is 3. The van der Waals surface area contributed by atoms with Crippen molar-refractivity contribution in [3.8, 4) is 11.5 Å². The fraction of sp³-hybridized carbons (Fsp3) is 0.174. The number of aliphatic imine (C=N–C) groups is 1. The smallest absolute Gasteiger partial charge is 0.265 e. The topological polar surface area (TPSA) is 68.2 Å². The molecule has 1 unspecified atom stereocenters. The van der Waals surface area contributed by atoms with Crippen molar-refractivity contribution in [2.75, 3.05) is 18.5 Å². The third kappa shape index (κ3) is 2.69. The molecule has 0 bridgehead atoms. The van der Waals surface area contributed by atoms with Crippen LogP contribution in [-0.4, -0.2) is 28.3 Å². The molecular weight excluding hydrogens is 400 g/mol. The van der Waals surface area contributed by atoms with Crippen molar-refractivity contribution in [3.63, 3.8) is 0 Å². The molecule has 7 heteroatoms. The Morgan fingerprint density at radius 3 is 2.33 bits per heavy atom. The molecule has 0 fully saturated rings. The van der Waals surface area contributed by atoms with E-state index in [1.165, 1.54) is 11.4 Å². The lowest BCUT2D eigenvalue weighted by Crippen LogP contribution is -2.28. The molecule has 0 saturated carbocycles. The van der Waals surface area contributed by atoms with Crippen molar-refractivity contribution >= 4 is 27.1 Å². The van der Waals surface area contributed by atoms with Crippen molar-refractivity contribution in [1.82, 2.24) is 0 Å². The number of ether oxygens (including phenoxy) is 2. The number of para-hydroxylation sites is 2. The number of anilines is 1. The molecule has 5 rings (SSSR count). The van der Waals surface area contributed by atoms with Crippen LogP contribution in [0.5, 0.6) is 11.5 Å². The highest BCUT2D eigenvalue weighted by atomic mass is 32.2. The second-order valence-corrected chi connectivity index (χ2v) is 8.96. The first kappa shape index (κ1) is 18.7. The second kappa shape index (κ2) is 6.88. The molecule has 3 aromatic rings. The molecule has 6 nitrogen and oxygen atoms in total. The number of sulfonamides is 1. The van der Waals surface area contributed by atoms with Gasteiger partial charge in [-0.25, -0.2) is 8.42 Å². The van der Waals surface area contributed by atoms with Gasteiger partial charge in [0.25, 0.3) is 10.0 Å². The van der Waals surface area contributed by atoms with E-state index in [4.69, 9.17) is 14.5 Å². The second-order valence-electron chi connectivity index (χ2n) is 7.18. The molecule has 30 heavy (non-hydrogen) atoms. The average Bonchev–Trinajstić information content (AvgIpc) is 2.90. The summed E-state index contributed by atoms with van der Waals surface area (Å²) in [5.74, 6) is 0.895. The molecule has 0 saturated heterocycles. The number of fused-ring (bicyclic) bond motifs is 5. The average molecular weight is 420 g/mol. The SMILES string of the molecule is COc1cc2c(cc1OC)S(=O)(=O)N1c3ccccc3N=C(c3ccccc3)CC21. The number of hydrogen-bond acceptors (Lipinski definition) is 5. The van der Waals surface area contributed by atoms with E-state index in [-0.39, 0.29) is 4.90 Å². The van der Waals surface area contributed by atoms with E-state index in [0.29, 0.717) is 34.9 Å². The summed E-state index contributed by atoms with van der Waals surface area (Å²) in [5, 5.41) is 0. The molecule has 0 N–H and O–H groups in total. The quantitative estimate of drug-likeness (QED) is 0.627. The predicted octanol–water partition coefficient (Wildman–Crippen LogP) is 4.48. The van der Waals surface area contributed by atoms with E-state index in [1.807, 2.05) is 48.5 Å². The summed E-state index contributed by atoms with van der Waals surface area (Å²) in [7, 11) is -0.736. The summed E-state index contributed by atoms with van der Waals surface area (Å²) in [5.41, 5.74) is 3.71.